The third-order valence-electron chi connectivity index (χ3n) is 2.49. The third kappa shape index (κ3) is 4.97. The van der Waals surface area contributed by atoms with Crippen LogP contribution in [0.15, 0.2) is 59.5 Å². The Hall–Kier alpha value is -0.850. The van der Waals surface area contributed by atoms with Gasteiger partial charge in [0.1, 0.15) is 0 Å². The van der Waals surface area contributed by atoms with Gasteiger partial charge < -0.3 is 6.74 Å². The average Bonchev–Trinajstić information content (AvgIpc) is 2.37. The van der Waals surface area contributed by atoms with E-state index in [1.165, 1.54) is 12.1 Å². The molecule has 6 heteroatoms. The van der Waals surface area contributed by atoms with Crippen LogP contribution in [0.3, 0.4) is 0 Å². The van der Waals surface area contributed by atoms with E-state index in [1.54, 1.807) is 12.1 Å². The van der Waals surface area contributed by atoms with Crippen LogP contribution in [0, 0.1) is 0 Å². The zero-order chi connectivity index (χ0) is 13.0. The van der Waals surface area contributed by atoms with E-state index in [1.807, 2.05) is 30.3 Å². The summed E-state index contributed by atoms with van der Waals surface area (Å²) in [6.45, 7) is 0.659. The van der Waals surface area contributed by atoms with E-state index < -0.39 is 10.1 Å². The molecule has 2 N–H and O–H groups in total. The van der Waals surface area contributed by atoms with E-state index in [0.717, 1.165) is 11.3 Å². The standard InChI is InChI=1S/C13H13NO3S.Na.H/c15-18(16,17)13-8-6-12(7-9-13)14-10-11-4-2-1-3-5-11;;/h1-9,14H,10H2,(H,15,16,17);;/q;+1;-1. The number of rotatable bonds is 4. The third-order valence-corrected chi connectivity index (χ3v) is 3.36. The molecule has 0 heterocycles. The van der Waals surface area contributed by atoms with E-state index in [2.05, 4.69) is 5.32 Å². The van der Waals surface area contributed by atoms with Crippen molar-refractivity contribution in [3.8, 4) is 0 Å². The molecule has 0 bridgehead atoms. The van der Waals surface area contributed by atoms with Crippen molar-refractivity contribution in [3.63, 3.8) is 0 Å². The summed E-state index contributed by atoms with van der Waals surface area (Å²) in [6, 6.07) is 15.8. The van der Waals surface area contributed by atoms with Gasteiger partial charge in [-0.1, -0.05) is 30.3 Å². The van der Waals surface area contributed by atoms with Gasteiger partial charge in [-0.25, -0.2) is 0 Å². The molecule has 19 heavy (non-hydrogen) atoms. The average molecular weight is 287 g/mol. The maximum absolute atomic E-state index is 10.9. The number of nitrogens with one attached hydrogen (secondary N) is 1. The predicted molar refractivity (Wildman–Crippen MR) is 71.1 cm³/mol. The van der Waals surface area contributed by atoms with Gasteiger partial charge >= 0.3 is 29.6 Å². The summed E-state index contributed by atoms with van der Waals surface area (Å²) in [7, 11) is -4.11. The summed E-state index contributed by atoms with van der Waals surface area (Å²) in [5.74, 6) is 0. The number of anilines is 1. The number of benzene rings is 2. The molecular formula is C13H14NNaO3S. The van der Waals surface area contributed by atoms with E-state index >= 15 is 0 Å². The van der Waals surface area contributed by atoms with Crippen LogP contribution in [0.1, 0.15) is 6.99 Å². The quantitative estimate of drug-likeness (QED) is 0.596. The smallest absolute Gasteiger partial charge is 1.00 e. The van der Waals surface area contributed by atoms with Gasteiger partial charge in [0.05, 0.1) is 4.90 Å². The molecule has 0 atom stereocenters. The molecule has 0 radical (unpaired) electrons. The molecule has 0 saturated carbocycles. The van der Waals surface area contributed by atoms with Gasteiger partial charge in [-0.2, -0.15) is 8.42 Å². The van der Waals surface area contributed by atoms with Crippen molar-refractivity contribution in [1.29, 1.82) is 0 Å². The van der Waals surface area contributed by atoms with Gasteiger partial charge in [0.15, 0.2) is 0 Å². The van der Waals surface area contributed by atoms with Crippen molar-refractivity contribution in [3.05, 3.63) is 60.2 Å². The monoisotopic (exact) mass is 287 g/mol. The second-order valence-electron chi connectivity index (χ2n) is 3.84. The van der Waals surface area contributed by atoms with Crippen molar-refractivity contribution >= 4 is 15.8 Å². The fourth-order valence-corrected chi connectivity index (χ4v) is 2.02. The van der Waals surface area contributed by atoms with Crippen molar-refractivity contribution < 1.29 is 44.0 Å². The summed E-state index contributed by atoms with van der Waals surface area (Å²) in [4.78, 5) is -0.104. The van der Waals surface area contributed by atoms with Crippen LogP contribution in [-0.2, 0) is 16.7 Å². The predicted octanol–water partition coefficient (Wildman–Crippen LogP) is -0.338. The largest absolute Gasteiger partial charge is 1.00 e. The minimum absolute atomic E-state index is 0. The summed E-state index contributed by atoms with van der Waals surface area (Å²) in [5, 5.41) is 3.16. The minimum atomic E-state index is -4.11. The molecule has 4 nitrogen and oxygen atoms in total. The van der Waals surface area contributed by atoms with Crippen LogP contribution in [0.25, 0.3) is 0 Å². The molecule has 2 aromatic rings. The summed E-state index contributed by atoms with van der Waals surface area (Å²) in [5.41, 5.74) is 1.93. The Kier molecular flexibility index (Phi) is 6.03. The molecule has 2 rings (SSSR count). The van der Waals surface area contributed by atoms with Crippen LogP contribution < -0.4 is 34.9 Å². The van der Waals surface area contributed by atoms with Crippen molar-refractivity contribution in [1.82, 2.24) is 0 Å². The molecule has 2 aromatic carbocycles. The van der Waals surface area contributed by atoms with E-state index in [4.69, 9.17) is 4.55 Å². The van der Waals surface area contributed by atoms with E-state index in [0.29, 0.717) is 6.54 Å². The SMILES string of the molecule is O=S(=O)(O)c1ccc(NCc2ccccc2)cc1.[H-].[Na+]. The first-order valence-corrected chi connectivity index (χ1v) is 6.85. The van der Waals surface area contributed by atoms with Crippen molar-refractivity contribution in [2.24, 2.45) is 0 Å². The van der Waals surface area contributed by atoms with Crippen LogP contribution in [0.5, 0.6) is 0 Å². The Balaban J connectivity index is 0.00000180. The minimum Gasteiger partial charge on any atom is -1.00 e. The Labute approximate surface area is 136 Å². The Morgan fingerprint density at radius 3 is 2.11 bits per heavy atom. The summed E-state index contributed by atoms with van der Waals surface area (Å²) < 4.78 is 30.6. The first kappa shape index (κ1) is 16.2. The summed E-state index contributed by atoms with van der Waals surface area (Å²) >= 11 is 0. The maximum atomic E-state index is 10.9. The van der Waals surface area contributed by atoms with Gasteiger partial charge in [-0.3, -0.25) is 4.55 Å². The molecule has 0 aliphatic rings. The Bertz CT molecular complexity index is 618. The first-order valence-electron chi connectivity index (χ1n) is 5.41. The molecule has 0 amide bonds. The van der Waals surface area contributed by atoms with E-state index in [9.17, 15) is 8.42 Å². The molecular weight excluding hydrogens is 273 g/mol. The normalized spacial score (nSPS) is 10.6. The zero-order valence-corrected chi connectivity index (χ0v) is 13.4. The second-order valence-corrected chi connectivity index (χ2v) is 5.26. The molecule has 0 aliphatic carbocycles. The molecule has 96 valence electrons. The van der Waals surface area contributed by atoms with Crippen LogP contribution in [0.4, 0.5) is 5.69 Å². The first-order chi connectivity index (χ1) is 8.55. The van der Waals surface area contributed by atoms with Crippen LogP contribution in [0.2, 0.25) is 0 Å². The molecule has 0 aliphatic heterocycles. The van der Waals surface area contributed by atoms with Gasteiger partial charge in [0.2, 0.25) is 0 Å². The number of hydrogen-bond acceptors (Lipinski definition) is 3. The zero-order valence-electron chi connectivity index (χ0n) is 11.6. The molecule has 0 fully saturated rings. The van der Waals surface area contributed by atoms with Crippen molar-refractivity contribution in [2.75, 3.05) is 5.32 Å². The van der Waals surface area contributed by atoms with Crippen molar-refractivity contribution in [2.45, 2.75) is 11.4 Å². The fraction of sp³-hybridized carbons (Fsp3) is 0.0769. The van der Waals surface area contributed by atoms with E-state index in [-0.39, 0.29) is 35.9 Å². The topological polar surface area (TPSA) is 66.4 Å². The summed E-state index contributed by atoms with van der Waals surface area (Å²) in [6.07, 6.45) is 0. The molecule has 0 saturated heterocycles. The molecule has 0 spiro atoms. The molecule has 0 unspecified atom stereocenters. The Morgan fingerprint density at radius 2 is 1.58 bits per heavy atom. The fourth-order valence-electron chi connectivity index (χ4n) is 1.54. The van der Waals surface area contributed by atoms with Gasteiger partial charge in [-0.05, 0) is 29.8 Å². The second kappa shape index (κ2) is 7.07. The van der Waals surface area contributed by atoms with Crippen LogP contribution in [-0.4, -0.2) is 13.0 Å². The Morgan fingerprint density at radius 1 is 1.00 bits per heavy atom. The molecule has 0 aromatic heterocycles. The van der Waals surface area contributed by atoms with Crippen LogP contribution >= 0.6 is 0 Å². The maximum Gasteiger partial charge on any atom is 1.00 e. The van der Waals surface area contributed by atoms with Gasteiger partial charge in [-0.15, -0.1) is 0 Å². The van der Waals surface area contributed by atoms with Gasteiger partial charge in [0.25, 0.3) is 10.1 Å². The number of hydrogen-bond donors (Lipinski definition) is 2. The van der Waals surface area contributed by atoms with Gasteiger partial charge in [0, 0.05) is 12.2 Å².